The number of Topliss-reactive ketones (excluding diaryl/α,β-unsaturated/α-hetero) is 1. The third-order valence-electron chi connectivity index (χ3n) is 1.57. The number of halogens is 5. The number of thiocyanates is 1. The Morgan fingerprint density at radius 2 is 1.88 bits per heavy atom. The monoisotopic (exact) mass is 723 g/mol. The number of aryl methyl sites for hydroxylation is 2. The van der Waals surface area contributed by atoms with Gasteiger partial charge in [0.2, 0.25) is 0 Å². The molecule has 0 aliphatic rings. The first-order valence-corrected chi connectivity index (χ1v) is 11.9. The van der Waals surface area contributed by atoms with Crippen LogP contribution in [0.1, 0.15) is 18.3 Å². The Labute approximate surface area is 207 Å². The van der Waals surface area contributed by atoms with Crippen LogP contribution in [-0.4, -0.2) is 22.4 Å². The van der Waals surface area contributed by atoms with Crippen LogP contribution < -0.4 is 22.0 Å². The molecular weight excluding hydrogens is 710 g/mol. The molecule has 0 aliphatic heterocycles. The van der Waals surface area contributed by atoms with Gasteiger partial charge in [-0.1, -0.05) is 27.3 Å². The summed E-state index contributed by atoms with van der Waals surface area (Å²) in [5.74, 6) is 2.18. The van der Waals surface area contributed by atoms with Gasteiger partial charge in [-0.25, -0.2) is 4.98 Å². The molecule has 0 spiro atoms. The number of carbonyl (C=O) groups excluding carboxylic acids is 1. The van der Waals surface area contributed by atoms with Crippen LogP contribution in [-0.2, 0) is 4.79 Å². The normalized spacial score (nSPS) is 7.60. The van der Waals surface area contributed by atoms with Crippen LogP contribution in [0, 0.1) is 24.5 Å². The molecule has 0 unspecified atom stereocenters. The lowest BCUT2D eigenvalue weighted by Crippen LogP contribution is -3.00. The second-order valence-corrected chi connectivity index (χ2v) is 8.73. The Morgan fingerprint density at radius 1 is 1.32 bits per heavy atom. The number of H-pyrrole nitrogens is 1. The molecule has 25 heavy (non-hydrogen) atoms. The summed E-state index contributed by atoms with van der Waals surface area (Å²) in [6, 6.07) is 0. The summed E-state index contributed by atoms with van der Waals surface area (Å²) in [5.41, 5.74) is 2.29. The van der Waals surface area contributed by atoms with Gasteiger partial charge in [0.15, 0.2) is 9.61 Å². The van der Waals surface area contributed by atoms with Crippen LogP contribution >= 0.6 is 99.2 Å². The van der Waals surface area contributed by atoms with Crippen molar-refractivity contribution in [3.8, 4) is 5.40 Å². The van der Waals surface area contributed by atoms with Gasteiger partial charge in [-0.15, -0.1) is 28.3 Å². The fourth-order valence-corrected chi connectivity index (χ4v) is 3.31. The van der Waals surface area contributed by atoms with E-state index in [1.165, 1.54) is 12.6 Å². The van der Waals surface area contributed by atoms with E-state index in [4.69, 9.17) is 5.26 Å². The van der Waals surface area contributed by atoms with Gasteiger partial charge < -0.3 is 17.0 Å². The smallest absolute Gasteiger partial charge is 0.303 e. The number of alkyl halides is 1. The minimum Gasteiger partial charge on any atom is -1.00 e. The fourth-order valence-electron chi connectivity index (χ4n) is 0.813. The molecule has 2 rings (SSSR count). The van der Waals surface area contributed by atoms with Crippen molar-refractivity contribution in [1.82, 2.24) is 4.98 Å². The summed E-state index contributed by atoms with van der Waals surface area (Å²) in [4.78, 5) is 17.2. The molecule has 0 atom stereocenters. The molecule has 0 fully saturated rings. The van der Waals surface area contributed by atoms with Crippen molar-refractivity contribution >= 4 is 105 Å². The van der Waals surface area contributed by atoms with Gasteiger partial charge in [0.1, 0.15) is 11.2 Å². The molecule has 4 nitrogen and oxygen atoms in total. The molecule has 1 N–H and O–H groups in total. The number of aromatic amines is 1. The van der Waals surface area contributed by atoms with E-state index in [0.29, 0.717) is 5.75 Å². The topological polar surface area (TPSA) is 67.9 Å². The summed E-state index contributed by atoms with van der Waals surface area (Å²) in [7, 11) is 0. The zero-order valence-electron chi connectivity index (χ0n) is 13.8. The highest BCUT2D eigenvalue weighted by Gasteiger charge is 1.97. The molecule has 0 saturated carbocycles. The number of carbonyl (C=O) groups is 1. The SMILES string of the molecule is Br.CBr.CC(=O)CSC#N.Cc1csc(Br)[nH+]1.Cc1csc(Br)n1.[Br-]. The van der Waals surface area contributed by atoms with Crippen LogP contribution in [0.25, 0.3) is 0 Å². The maximum atomic E-state index is 10.0. The van der Waals surface area contributed by atoms with Gasteiger partial charge >= 0.3 is 3.92 Å². The molecule has 0 aromatic carbocycles. The lowest BCUT2D eigenvalue weighted by atomic mass is 10.5. The first-order chi connectivity index (χ1) is 10.8. The minimum absolute atomic E-state index is 0. The van der Waals surface area contributed by atoms with E-state index in [2.05, 4.69) is 63.1 Å². The van der Waals surface area contributed by atoms with Crippen LogP contribution in [0.4, 0.5) is 0 Å². The highest BCUT2D eigenvalue weighted by atomic mass is 79.9. The molecule has 0 radical (unpaired) electrons. The molecule has 2 aromatic heterocycles. The van der Waals surface area contributed by atoms with Crippen LogP contribution in [0.2, 0.25) is 0 Å². The molecule has 12 heteroatoms. The average Bonchev–Trinajstić information content (AvgIpc) is 3.07. The van der Waals surface area contributed by atoms with E-state index in [1.807, 2.05) is 25.1 Å². The summed E-state index contributed by atoms with van der Waals surface area (Å²) in [6.45, 7) is 5.47. The highest BCUT2D eigenvalue weighted by molar-refractivity contribution is 9.11. The van der Waals surface area contributed by atoms with Crippen molar-refractivity contribution in [3.05, 3.63) is 30.0 Å². The number of aromatic nitrogens is 2. The summed E-state index contributed by atoms with van der Waals surface area (Å²) in [6.07, 6.45) is 0. The van der Waals surface area contributed by atoms with Gasteiger partial charge in [-0.05, 0) is 47.4 Å². The van der Waals surface area contributed by atoms with Crippen molar-refractivity contribution in [2.24, 2.45) is 0 Å². The predicted molar refractivity (Wildman–Crippen MR) is 122 cm³/mol. The maximum absolute atomic E-state index is 10.0. The first-order valence-electron chi connectivity index (χ1n) is 5.93. The number of nitriles is 1. The number of hydrogen-bond donors (Lipinski definition) is 0. The highest BCUT2D eigenvalue weighted by Crippen LogP contribution is 2.14. The number of thioether (sulfide) groups is 1. The standard InChI is InChI=1S/2C4H4BrNS.C4H5NOS.CH3Br.2BrH/c2*1-3-2-7-4(5)6-3;1-4(6)2-7-3-5;1-2;;/h2*2H,1H3;2H2,1H3;1H3;2*1H. The Morgan fingerprint density at radius 3 is 2.00 bits per heavy atom. The lowest BCUT2D eigenvalue weighted by molar-refractivity contribution is -0.393. The van der Waals surface area contributed by atoms with E-state index in [-0.39, 0.29) is 39.7 Å². The first kappa shape index (κ1) is 33.7. The van der Waals surface area contributed by atoms with E-state index < -0.39 is 0 Å². The van der Waals surface area contributed by atoms with Gasteiger partial charge in [-0.3, -0.25) is 4.79 Å². The van der Waals surface area contributed by atoms with Gasteiger partial charge in [0, 0.05) is 33.9 Å². The third kappa shape index (κ3) is 25.2. The van der Waals surface area contributed by atoms with Gasteiger partial charge in [0.05, 0.1) is 11.1 Å². The third-order valence-corrected chi connectivity index (χ3v) is 5.27. The number of nitrogens with one attached hydrogen (secondary N) is 1. The largest absolute Gasteiger partial charge is 1.00 e. The van der Waals surface area contributed by atoms with E-state index in [9.17, 15) is 4.79 Å². The van der Waals surface area contributed by atoms with Crippen LogP contribution in [0.5, 0.6) is 0 Å². The number of rotatable bonds is 2. The number of hydrogen-bond acceptors (Lipinski definition) is 6. The zero-order valence-corrected chi connectivity index (χ0v) is 24.3. The van der Waals surface area contributed by atoms with Crippen LogP contribution in [0.3, 0.4) is 0 Å². The maximum Gasteiger partial charge on any atom is 0.303 e. The quantitative estimate of drug-likeness (QED) is 0.353. The average molecular weight is 728 g/mol. The van der Waals surface area contributed by atoms with Gasteiger partial charge in [-0.2, -0.15) is 10.2 Å². The predicted octanol–water partition coefficient (Wildman–Crippen LogP) is 3.23. The fraction of sp³-hybridized carbons (Fsp3) is 0.385. The van der Waals surface area contributed by atoms with E-state index in [1.54, 1.807) is 28.1 Å². The summed E-state index contributed by atoms with van der Waals surface area (Å²) < 4.78 is 2.05. The van der Waals surface area contributed by atoms with Crippen molar-refractivity contribution in [1.29, 1.82) is 5.26 Å². The number of thiazole rings is 2. The lowest BCUT2D eigenvalue weighted by Gasteiger charge is -1.78. The molecule has 0 aliphatic carbocycles. The molecule has 2 heterocycles. The van der Waals surface area contributed by atoms with E-state index >= 15 is 0 Å². The molecule has 144 valence electrons. The number of ketones is 1. The van der Waals surface area contributed by atoms with Crippen molar-refractivity contribution in [2.45, 2.75) is 20.8 Å². The van der Waals surface area contributed by atoms with Crippen molar-refractivity contribution < 1.29 is 26.8 Å². The minimum atomic E-state index is 0. The zero-order chi connectivity index (χ0) is 18.3. The molecule has 2 aromatic rings. The Balaban J connectivity index is -0.000000121. The Bertz CT molecular complexity index is 530. The van der Waals surface area contributed by atoms with E-state index in [0.717, 1.165) is 25.3 Å². The Hall–Kier alpha value is 1.17. The molecular formula is C13H18Br5N3OS3. The van der Waals surface area contributed by atoms with Crippen molar-refractivity contribution in [3.63, 3.8) is 0 Å². The Kier molecular flexibility index (Phi) is 31.3. The summed E-state index contributed by atoms with van der Waals surface area (Å²) in [5, 5.41) is 13.7. The second kappa shape index (κ2) is 23.2. The molecule has 0 amide bonds. The van der Waals surface area contributed by atoms with Crippen LogP contribution in [0.15, 0.2) is 18.6 Å². The number of nitrogens with zero attached hydrogens (tertiary/aromatic N) is 2. The van der Waals surface area contributed by atoms with Gasteiger partial charge in [0.25, 0.3) is 0 Å². The second-order valence-electron chi connectivity index (χ2n) is 3.64. The molecule has 0 saturated heterocycles. The molecule has 0 bridgehead atoms. The van der Waals surface area contributed by atoms with Crippen molar-refractivity contribution in [2.75, 3.05) is 11.6 Å². The summed E-state index contributed by atoms with van der Waals surface area (Å²) >= 11 is 13.7.